The summed E-state index contributed by atoms with van der Waals surface area (Å²) in [5.74, 6) is 6.18. The van der Waals surface area contributed by atoms with Gasteiger partial charge in [-0.3, -0.25) is 4.79 Å². The summed E-state index contributed by atoms with van der Waals surface area (Å²) >= 11 is 0. The lowest BCUT2D eigenvalue weighted by Crippen LogP contribution is -2.20. The summed E-state index contributed by atoms with van der Waals surface area (Å²) < 4.78 is 0. The predicted octanol–water partition coefficient (Wildman–Crippen LogP) is 2.86. The summed E-state index contributed by atoms with van der Waals surface area (Å²) in [6.45, 7) is 2.05. The molecule has 1 aliphatic carbocycles. The van der Waals surface area contributed by atoms with Gasteiger partial charge in [0.15, 0.2) is 0 Å². The summed E-state index contributed by atoms with van der Waals surface area (Å²) in [5, 5.41) is 11.8. The van der Waals surface area contributed by atoms with E-state index < -0.39 is 0 Å². The van der Waals surface area contributed by atoms with Gasteiger partial charge in [0.25, 0.3) is 0 Å². The van der Waals surface area contributed by atoms with E-state index in [0.717, 1.165) is 42.5 Å². The van der Waals surface area contributed by atoms with Crippen LogP contribution in [0.5, 0.6) is 0 Å². The second kappa shape index (κ2) is 7.12. The minimum Gasteiger partial charge on any atom is -0.395 e. The van der Waals surface area contributed by atoms with Crippen molar-refractivity contribution in [1.82, 2.24) is 0 Å². The third-order valence-electron chi connectivity index (χ3n) is 3.69. The number of aliphatic hydroxyl groups excluding tert-OH is 1. The average molecular weight is 271 g/mol. The van der Waals surface area contributed by atoms with Crippen molar-refractivity contribution in [3.63, 3.8) is 0 Å². The van der Waals surface area contributed by atoms with Crippen LogP contribution in [0, 0.1) is 24.7 Å². The van der Waals surface area contributed by atoms with Crippen molar-refractivity contribution in [3.8, 4) is 11.8 Å². The van der Waals surface area contributed by atoms with Crippen LogP contribution in [-0.2, 0) is 4.79 Å². The van der Waals surface area contributed by atoms with Gasteiger partial charge < -0.3 is 10.4 Å². The summed E-state index contributed by atoms with van der Waals surface area (Å²) in [7, 11) is 0. The highest BCUT2D eigenvalue weighted by Crippen LogP contribution is 2.26. The number of carbonyl (C=O) groups is 1. The zero-order valence-electron chi connectivity index (χ0n) is 11.9. The number of benzene rings is 1. The number of hydrogen-bond acceptors (Lipinski definition) is 2. The molecule has 106 valence electrons. The Hall–Kier alpha value is -1.79. The van der Waals surface area contributed by atoms with Crippen LogP contribution in [-0.4, -0.2) is 17.6 Å². The number of amides is 1. The van der Waals surface area contributed by atoms with Crippen molar-refractivity contribution < 1.29 is 9.90 Å². The zero-order chi connectivity index (χ0) is 14.4. The molecule has 20 heavy (non-hydrogen) atoms. The highest BCUT2D eigenvalue weighted by atomic mass is 16.2. The lowest BCUT2D eigenvalue weighted by Gasteiger charge is -2.12. The first-order valence-electron chi connectivity index (χ1n) is 7.22. The van der Waals surface area contributed by atoms with Crippen molar-refractivity contribution in [2.45, 2.75) is 39.0 Å². The summed E-state index contributed by atoms with van der Waals surface area (Å²) in [5.41, 5.74) is 2.76. The van der Waals surface area contributed by atoms with Crippen molar-refractivity contribution in [3.05, 3.63) is 29.3 Å². The lowest BCUT2D eigenvalue weighted by atomic mass is 10.1. The Morgan fingerprint density at radius 1 is 1.40 bits per heavy atom. The van der Waals surface area contributed by atoms with Gasteiger partial charge in [0.1, 0.15) is 0 Å². The molecule has 0 bridgehead atoms. The van der Waals surface area contributed by atoms with E-state index in [4.69, 9.17) is 5.11 Å². The van der Waals surface area contributed by atoms with Gasteiger partial charge in [-0.15, -0.1) is 0 Å². The molecule has 0 radical (unpaired) electrons. The Kier molecular flexibility index (Phi) is 5.20. The largest absolute Gasteiger partial charge is 0.395 e. The maximum Gasteiger partial charge on any atom is 0.227 e. The van der Waals surface area contributed by atoms with Gasteiger partial charge in [0, 0.05) is 23.6 Å². The Morgan fingerprint density at radius 2 is 2.15 bits per heavy atom. The van der Waals surface area contributed by atoms with Crippen molar-refractivity contribution in [2.75, 3.05) is 11.9 Å². The Balaban J connectivity index is 2.08. The molecule has 1 aromatic carbocycles. The number of aryl methyl sites for hydroxylation is 1. The number of aliphatic hydroxyl groups is 1. The molecule has 1 fully saturated rings. The van der Waals surface area contributed by atoms with Crippen molar-refractivity contribution >= 4 is 11.6 Å². The smallest absolute Gasteiger partial charge is 0.227 e. The van der Waals surface area contributed by atoms with Crippen LogP contribution in [0.15, 0.2) is 18.2 Å². The molecule has 0 aromatic heterocycles. The molecule has 1 amide bonds. The molecule has 0 atom stereocenters. The molecule has 1 aliphatic rings. The van der Waals surface area contributed by atoms with E-state index in [-0.39, 0.29) is 18.4 Å². The van der Waals surface area contributed by atoms with E-state index in [1.54, 1.807) is 0 Å². The second-order valence-electron chi connectivity index (χ2n) is 5.28. The first-order chi connectivity index (χ1) is 9.70. The molecule has 0 spiro atoms. The Morgan fingerprint density at radius 3 is 2.85 bits per heavy atom. The first-order valence-corrected chi connectivity index (χ1v) is 7.22. The number of nitrogens with one attached hydrogen (secondary N) is 1. The van der Waals surface area contributed by atoms with E-state index in [9.17, 15) is 4.79 Å². The van der Waals surface area contributed by atoms with E-state index in [0.29, 0.717) is 6.42 Å². The van der Waals surface area contributed by atoms with Crippen molar-refractivity contribution in [1.29, 1.82) is 0 Å². The van der Waals surface area contributed by atoms with Gasteiger partial charge in [-0.05, 0) is 37.5 Å². The fourth-order valence-corrected chi connectivity index (χ4v) is 2.48. The maximum absolute atomic E-state index is 12.2. The average Bonchev–Trinajstić information content (AvgIpc) is 2.97. The van der Waals surface area contributed by atoms with Gasteiger partial charge in [0.2, 0.25) is 5.91 Å². The molecule has 1 saturated carbocycles. The molecule has 0 saturated heterocycles. The molecule has 0 unspecified atom stereocenters. The zero-order valence-corrected chi connectivity index (χ0v) is 11.9. The first kappa shape index (κ1) is 14.6. The fourth-order valence-electron chi connectivity index (χ4n) is 2.48. The Bertz CT molecular complexity index is 534. The van der Waals surface area contributed by atoms with Gasteiger partial charge in [-0.25, -0.2) is 0 Å². The molecule has 0 heterocycles. The third-order valence-corrected chi connectivity index (χ3v) is 3.69. The van der Waals surface area contributed by atoms with Crippen LogP contribution in [0.25, 0.3) is 0 Å². The number of hydrogen-bond donors (Lipinski definition) is 2. The standard InChI is InChI=1S/C17H21NO2/c1-13-9-10-14(6-4-5-11-19)12-16(13)18-17(20)15-7-2-3-8-15/h9-10,12,15,19H,2-3,5,7-8,11H2,1H3,(H,18,20). The molecule has 0 aliphatic heterocycles. The Labute approximate surface area is 120 Å². The predicted molar refractivity (Wildman–Crippen MR) is 80.3 cm³/mol. The van der Waals surface area contributed by atoms with Gasteiger partial charge in [-0.1, -0.05) is 30.7 Å². The fraction of sp³-hybridized carbons (Fsp3) is 0.471. The van der Waals surface area contributed by atoms with Gasteiger partial charge in [-0.2, -0.15) is 0 Å². The minimum absolute atomic E-state index is 0.0735. The van der Waals surface area contributed by atoms with Crippen LogP contribution >= 0.6 is 0 Å². The molecular formula is C17H21NO2. The maximum atomic E-state index is 12.2. The lowest BCUT2D eigenvalue weighted by molar-refractivity contribution is -0.119. The summed E-state index contributed by atoms with van der Waals surface area (Å²) in [4.78, 5) is 12.2. The molecule has 2 rings (SSSR count). The third kappa shape index (κ3) is 3.85. The second-order valence-corrected chi connectivity index (χ2v) is 5.28. The molecule has 2 N–H and O–H groups in total. The van der Waals surface area contributed by atoms with Crippen molar-refractivity contribution in [2.24, 2.45) is 5.92 Å². The topological polar surface area (TPSA) is 49.3 Å². The summed E-state index contributed by atoms with van der Waals surface area (Å²) in [6.07, 6.45) is 4.78. The van der Waals surface area contributed by atoms with Gasteiger partial charge in [0.05, 0.1) is 6.61 Å². The van der Waals surface area contributed by atoms with Crippen LogP contribution in [0.1, 0.15) is 43.2 Å². The number of carbonyl (C=O) groups excluding carboxylic acids is 1. The highest BCUT2D eigenvalue weighted by Gasteiger charge is 2.22. The molecular weight excluding hydrogens is 250 g/mol. The van der Waals surface area contributed by atoms with Crippen LogP contribution < -0.4 is 5.32 Å². The van der Waals surface area contributed by atoms with E-state index >= 15 is 0 Å². The normalized spacial score (nSPS) is 14.7. The number of anilines is 1. The number of rotatable bonds is 3. The monoisotopic (exact) mass is 271 g/mol. The van der Waals surface area contributed by atoms with E-state index in [1.807, 2.05) is 25.1 Å². The molecule has 3 nitrogen and oxygen atoms in total. The quantitative estimate of drug-likeness (QED) is 0.831. The molecule has 1 aromatic rings. The molecule has 3 heteroatoms. The minimum atomic E-state index is 0.0735. The van der Waals surface area contributed by atoms with E-state index in [2.05, 4.69) is 17.2 Å². The summed E-state index contributed by atoms with van der Waals surface area (Å²) in [6, 6.07) is 5.81. The van der Waals surface area contributed by atoms with Crippen LogP contribution in [0.4, 0.5) is 5.69 Å². The van der Waals surface area contributed by atoms with Gasteiger partial charge >= 0.3 is 0 Å². The van der Waals surface area contributed by atoms with Crippen LogP contribution in [0.2, 0.25) is 0 Å². The van der Waals surface area contributed by atoms with Crippen LogP contribution in [0.3, 0.4) is 0 Å². The van der Waals surface area contributed by atoms with E-state index in [1.165, 1.54) is 0 Å². The SMILES string of the molecule is Cc1ccc(C#CCCO)cc1NC(=O)C1CCCC1. The highest BCUT2D eigenvalue weighted by molar-refractivity contribution is 5.93.